The molecule has 2 heterocycles. The van der Waals surface area contributed by atoms with Crippen LogP contribution in [0.15, 0.2) is 41.8 Å². The maximum absolute atomic E-state index is 14.4. The van der Waals surface area contributed by atoms with Crippen LogP contribution in [0.3, 0.4) is 0 Å². The summed E-state index contributed by atoms with van der Waals surface area (Å²) in [5, 5.41) is 0.181. The summed E-state index contributed by atoms with van der Waals surface area (Å²) in [7, 11) is 1.59. The highest BCUT2D eigenvalue weighted by Gasteiger charge is 2.37. The van der Waals surface area contributed by atoms with Gasteiger partial charge in [-0.3, -0.25) is 4.39 Å². The molecule has 0 fully saturated rings. The number of benzene rings is 1. The van der Waals surface area contributed by atoms with Crippen LogP contribution in [-0.2, 0) is 6.18 Å². The van der Waals surface area contributed by atoms with Crippen molar-refractivity contribution in [1.82, 2.24) is 19.3 Å². The lowest BCUT2D eigenvalue weighted by atomic mass is 10.0. The molecule has 154 valence electrons. The third-order valence-electron chi connectivity index (χ3n) is 4.05. The fraction of sp³-hybridized carbons (Fsp3) is 0.222. The molecule has 4 nitrogen and oxygen atoms in total. The fourth-order valence-corrected chi connectivity index (χ4v) is 3.50. The first kappa shape index (κ1) is 21.0. The first-order valence-corrected chi connectivity index (χ1v) is 8.95. The molecule has 2 aromatic heterocycles. The van der Waals surface area contributed by atoms with E-state index in [0.717, 1.165) is 24.3 Å². The number of hydrogen-bond acceptors (Lipinski definition) is 4. The summed E-state index contributed by atoms with van der Waals surface area (Å²) < 4.78 is 82.3. The number of allylic oxidation sites excluding steroid dienone is 1. The third-order valence-corrected chi connectivity index (χ3v) is 5.00. The van der Waals surface area contributed by atoms with Gasteiger partial charge in [0.2, 0.25) is 0 Å². The maximum Gasteiger partial charge on any atom is 0.417 e. The Labute approximate surface area is 165 Å². The number of aromatic amines is 1. The van der Waals surface area contributed by atoms with E-state index in [-0.39, 0.29) is 17.3 Å². The third kappa shape index (κ3) is 4.34. The summed E-state index contributed by atoms with van der Waals surface area (Å²) in [5.41, 5.74) is -1.50. The molecular formula is C18H14F6N4S. The van der Waals surface area contributed by atoms with Crippen LogP contribution >= 0.6 is 11.9 Å². The molecule has 0 aliphatic carbocycles. The van der Waals surface area contributed by atoms with E-state index in [1.54, 1.807) is 7.05 Å². The van der Waals surface area contributed by atoms with Crippen LogP contribution < -0.4 is 0 Å². The van der Waals surface area contributed by atoms with Crippen molar-refractivity contribution in [2.24, 2.45) is 0 Å². The summed E-state index contributed by atoms with van der Waals surface area (Å²) in [6.45, 7) is 3.09. The van der Waals surface area contributed by atoms with Crippen molar-refractivity contribution in [2.45, 2.75) is 17.6 Å². The van der Waals surface area contributed by atoms with E-state index in [4.69, 9.17) is 0 Å². The molecule has 29 heavy (non-hydrogen) atoms. The number of halogens is 6. The van der Waals surface area contributed by atoms with Gasteiger partial charge in [-0.25, -0.2) is 18.7 Å². The molecule has 0 saturated carbocycles. The van der Waals surface area contributed by atoms with Crippen LogP contribution in [0, 0.1) is 11.6 Å². The monoisotopic (exact) mass is 432 g/mol. The predicted octanol–water partition coefficient (Wildman–Crippen LogP) is 5.73. The van der Waals surface area contributed by atoms with Gasteiger partial charge in [-0.2, -0.15) is 13.2 Å². The van der Waals surface area contributed by atoms with Crippen molar-refractivity contribution in [3.8, 4) is 11.4 Å². The van der Waals surface area contributed by atoms with Crippen molar-refractivity contribution in [3.63, 3.8) is 0 Å². The minimum absolute atomic E-state index is 0.0744. The minimum atomic E-state index is -4.89. The Morgan fingerprint density at radius 1 is 1.21 bits per heavy atom. The number of fused-ring (bicyclic) bond motifs is 1. The Hall–Kier alpha value is -2.69. The highest BCUT2D eigenvalue weighted by atomic mass is 32.2. The first-order valence-electron chi connectivity index (χ1n) is 8.17. The van der Waals surface area contributed by atoms with Crippen molar-refractivity contribution >= 4 is 22.9 Å². The number of hydrogen-bond donors (Lipinski definition) is 1. The second kappa shape index (κ2) is 7.97. The summed E-state index contributed by atoms with van der Waals surface area (Å²) in [6.07, 6.45) is -3.35. The van der Waals surface area contributed by atoms with Gasteiger partial charge in [0.05, 0.1) is 35.2 Å². The Morgan fingerprint density at radius 2 is 1.86 bits per heavy atom. The lowest BCUT2D eigenvalue weighted by Crippen LogP contribution is -2.09. The molecule has 11 heteroatoms. The van der Waals surface area contributed by atoms with Gasteiger partial charge in [-0.05, 0) is 12.1 Å². The molecular weight excluding hydrogens is 418 g/mol. The van der Waals surface area contributed by atoms with Gasteiger partial charge in [0.25, 0.3) is 0 Å². The van der Waals surface area contributed by atoms with E-state index < -0.39 is 41.4 Å². The molecule has 0 spiro atoms. The van der Waals surface area contributed by atoms with E-state index in [0.29, 0.717) is 16.8 Å². The maximum atomic E-state index is 14.4. The van der Waals surface area contributed by atoms with Gasteiger partial charge in [0, 0.05) is 42.1 Å². The van der Waals surface area contributed by atoms with Gasteiger partial charge in [-0.15, -0.1) is 0 Å². The lowest BCUT2D eigenvalue weighted by molar-refractivity contribution is -0.137. The molecule has 3 aromatic rings. The molecule has 1 aromatic carbocycles. The van der Waals surface area contributed by atoms with Gasteiger partial charge in [0.1, 0.15) is 5.82 Å². The summed E-state index contributed by atoms with van der Waals surface area (Å²) in [5.74, 6) is -2.33. The van der Waals surface area contributed by atoms with Crippen molar-refractivity contribution in [1.29, 1.82) is 0 Å². The zero-order valence-electron chi connectivity index (χ0n) is 14.9. The zero-order chi connectivity index (χ0) is 21.3. The standard InChI is InChI=1S/C18H14F6N4S/c1-9(3-4-19)28(2)29-14-5-11-15(17-25-7-10(20)8-26-17)12(18(22,23)24)6-13(21)16(11)27-14/h5-8,27H,1,3-4H2,2H3. The van der Waals surface area contributed by atoms with Crippen LogP contribution in [0.2, 0.25) is 0 Å². The zero-order valence-corrected chi connectivity index (χ0v) is 15.8. The Balaban J connectivity index is 2.17. The average molecular weight is 432 g/mol. The number of H-pyrrole nitrogens is 1. The largest absolute Gasteiger partial charge is 0.417 e. The normalized spacial score (nSPS) is 11.8. The molecule has 0 amide bonds. The number of rotatable bonds is 6. The van der Waals surface area contributed by atoms with Gasteiger partial charge in [0.15, 0.2) is 11.6 Å². The molecule has 0 saturated heterocycles. The van der Waals surface area contributed by atoms with Crippen LogP contribution in [0.5, 0.6) is 0 Å². The molecule has 0 atom stereocenters. The molecule has 0 unspecified atom stereocenters. The number of alkyl halides is 4. The Bertz CT molecular complexity index is 1050. The average Bonchev–Trinajstić information content (AvgIpc) is 3.06. The Morgan fingerprint density at radius 3 is 2.45 bits per heavy atom. The van der Waals surface area contributed by atoms with Gasteiger partial charge < -0.3 is 9.29 Å². The van der Waals surface area contributed by atoms with Crippen molar-refractivity contribution in [3.05, 3.63) is 54.0 Å². The number of nitrogens with one attached hydrogen (secondary N) is 1. The van der Waals surface area contributed by atoms with Crippen molar-refractivity contribution < 1.29 is 26.3 Å². The molecule has 0 aliphatic heterocycles. The smallest absolute Gasteiger partial charge is 0.346 e. The number of nitrogens with zero attached hydrogens (tertiary/aromatic N) is 3. The van der Waals surface area contributed by atoms with E-state index >= 15 is 0 Å². The molecule has 0 aliphatic rings. The van der Waals surface area contributed by atoms with Crippen LogP contribution in [0.4, 0.5) is 26.3 Å². The van der Waals surface area contributed by atoms with Crippen molar-refractivity contribution in [2.75, 3.05) is 13.7 Å². The van der Waals surface area contributed by atoms with Gasteiger partial charge in [-0.1, -0.05) is 6.58 Å². The van der Waals surface area contributed by atoms with E-state index in [9.17, 15) is 26.3 Å². The molecule has 3 rings (SSSR count). The molecule has 1 N–H and O–H groups in total. The SMILES string of the molecule is C=C(CCF)N(C)Sc1cc2c(-c3ncc(F)cn3)c(C(F)(F)F)cc(F)c2[nH]1. The molecule has 0 radical (unpaired) electrons. The quantitative estimate of drug-likeness (QED) is 0.399. The molecule has 0 bridgehead atoms. The second-order valence-corrected chi connectivity index (χ2v) is 7.19. The van der Waals surface area contributed by atoms with E-state index in [1.165, 1.54) is 10.4 Å². The number of aromatic nitrogens is 3. The van der Waals surface area contributed by atoms with Crippen LogP contribution in [0.25, 0.3) is 22.3 Å². The second-order valence-electron chi connectivity index (χ2n) is 6.02. The van der Waals surface area contributed by atoms with E-state index in [2.05, 4.69) is 21.5 Å². The van der Waals surface area contributed by atoms with Crippen LogP contribution in [-0.4, -0.2) is 33.0 Å². The van der Waals surface area contributed by atoms with Crippen LogP contribution in [0.1, 0.15) is 12.0 Å². The summed E-state index contributed by atoms with van der Waals surface area (Å²) in [4.78, 5) is 9.97. The van der Waals surface area contributed by atoms with Gasteiger partial charge >= 0.3 is 6.18 Å². The predicted molar refractivity (Wildman–Crippen MR) is 97.6 cm³/mol. The topological polar surface area (TPSA) is 44.8 Å². The summed E-state index contributed by atoms with van der Waals surface area (Å²) >= 11 is 1.01. The summed E-state index contributed by atoms with van der Waals surface area (Å²) in [6, 6.07) is 1.65. The highest BCUT2D eigenvalue weighted by Crippen LogP contribution is 2.42. The first-order chi connectivity index (χ1) is 13.6. The van der Waals surface area contributed by atoms with E-state index in [1.807, 2.05) is 0 Å². The Kier molecular flexibility index (Phi) is 5.78. The highest BCUT2D eigenvalue weighted by molar-refractivity contribution is 7.97. The lowest BCUT2D eigenvalue weighted by Gasteiger charge is -2.18. The minimum Gasteiger partial charge on any atom is -0.346 e. The fourth-order valence-electron chi connectivity index (χ4n) is 2.67.